The van der Waals surface area contributed by atoms with Gasteiger partial charge in [0, 0.05) is 29.4 Å². The minimum absolute atomic E-state index is 0.00185. The normalized spacial score (nSPS) is 22.6. The van der Waals surface area contributed by atoms with Crippen molar-refractivity contribution in [3.8, 4) is 17.2 Å². The maximum Gasteiger partial charge on any atom is 0.237 e. The second-order valence-corrected chi connectivity index (χ2v) is 12.7. The number of nitrogens with zero attached hydrogens (tertiary/aromatic N) is 1. The molecule has 1 aliphatic rings. The van der Waals surface area contributed by atoms with Gasteiger partial charge in [0.2, 0.25) is 5.91 Å². The molecule has 1 amide bonds. The highest BCUT2D eigenvalue weighted by molar-refractivity contribution is 6.30. The fourth-order valence-electron chi connectivity index (χ4n) is 4.88. The van der Waals surface area contributed by atoms with Crippen molar-refractivity contribution in [1.82, 2.24) is 10.6 Å². The predicted octanol–water partition coefficient (Wildman–Crippen LogP) is 6.91. The smallest absolute Gasteiger partial charge is 0.237 e. The van der Waals surface area contributed by atoms with Crippen molar-refractivity contribution in [3.05, 3.63) is 58.6 Å². The van der Waals surface area contributed by atoms with Gasteiger partial charge < -0.3 is 10.6 Å². The number of carbonyl (C=O) groups is 1. The molecule has 0 aliphatic carbocycles. The van der Waals surface area contributed by atoms with E-state index in [0.717, 1.165) is 28.7 Å². The summed E-state index contributed by atoms with van der Waals surface area (Å²) >= 11 is 12.6. The molecule has 1 heterocycles. The Kier molecular flexibility index (Phi) is 8.58. The summed E-state index contributed by atoms with van der Waals surface area (Å²) in [6, 6.07) is 15.7. The fourth-order valence-corrected chi connectivity index (χ4v) is 5.23. The van der Waals surface area contributed by atoms with Crippen molar-refractivity contribution in [3.63, 3.8) is 0 Å². The van der Waals surface area contributed by atoms with E-state index in [-0.39, 0.29) is 34.6 Å². The van der Waals surface area contributed by atoms with Gasteiger partial charge in [0.05, 0.1) is 18.0 Å². The quantitative estimate of drug-likeness (QED) is 0.412. The van der Waals surface area contributed by atoms with Crippen LogP contribution in [0.2, 0.25) is 5.02 Å². The van der Waals surface area contributed by atoms with Crippen LogP contribution in [0.1, 0.15) is 65.0 Å². The molecule has 3 rings (SSSR count). The van der Waals surface area contributed by atoms with E-state index >= 15 is 0 Å². The van der Waals surface area contributed by atoms with E-state index in [1.165, 1.54) is 0 Å². The van der Waals surface area contributed by atoms with Crippen molar-refractivity contribution in [2.75, 3.05) is 6.54 Å². The molecule has 4 nitrogen and oxygen atoms in total. The molecule has 2 N–H and O–H groups in total. The van der Waals surface area contributed by atoms with E-state index in [2.05, 4.69) is 64.3 Å². The zero-order chi connectivity index (χ0) is 26.0. The number of hydrogen-bond donors (Lipinski definition) is 2. The fraction of sp³-hybridized carbons (Fsp3) is 0.517. The Bertz CT molecular complexity index is 1090. The van der Waals surface area contributed by atoms with Crippen molar-refractivity contribution in [1.29, 1.82) is 5.26 Å². The summed E-state index contributed by atoms with van der Waals surface area (Å²) in [6.07, 6.45) is 0.784. The number of hydrogen-bond acceptors (Lipinski definition) is 3. The zero-order valence-electron chi connectivity index (χ0n) is 21.6. The van der Waals surface area contributed by atoms with Crippen LogP contribution in [0.15, 0.2) is 42.5 Å². The highest BCUT2D eigenvalue weighted by Gasteiger charge is 2.48. The van der Waals surface area contributed by atoms with Crippen LogP contribution in [0.3, 0.4) is 0 Å². The van der Waals surface area contributed by atoms with E-state index in [0.29, 0.717) is 17.4 Å². The lowest BCUT2D eigenvalue weighted by atomic mass is 9.75. The van der Waals surface area contributed by atoms with Crippen molar-refractivity contribution in [2.24, 2.45) is 16.7 Å². The summed E-state index contributed by atoms with van der Waals surface area (Å²) in [5.41, 5.74) is 3.79. The molecule has 1 saturated heterocycles. The number of carbonyl (C=O) groups excluding carboxylic acids is 1. The van der Waals surface area contributed by atoms with Crippen LogP contribution >= 0.6 is 23.2 Å². The van der Waals surface area contributed by atoms with E-state index in [9.17, 15) is 10.1 Å². The van der Waals surface area contributed by atoms with Gasteiger partial charge in [0.15, 0.2) is 0 Å². The number of rotatable bonds is 6. The van der Waals surface area contributed by atoms with Gasteiger partial charge in [-0.25, -0.2) is 0 Å². The first-order valence-corrected chi connectivity index (χ1v) is 13.1. The van der Waals surface area contributed by atoms with Crippen LogP contribution < -0.4 is 10.6 Å². The lowest BCUT2D eigenvalue weighted by Gasteiger charge is -2.27. The van der Waals surface area contributed by atoms with Gasteiger partial charge in [0.25, 0.3) is 0 Å². The Hall–Kier alpha value is -2.06. The predicted molar refractivity (Wildman–Crippen MR) is 146 cm³/mol. The molecule has 35 heavy (non-hydrogen) atoms. The molecule has 2 aromatic carbocycles. The first-order valence-electron chi connectivity index (χ1n) is 12.2. The Labute approximate surface area is 220 Å². The molecule has 1 aliphatic heterocycles. The number of benzene rings is 2. The number of amides is 1. The van der Waals surface area contributed by atoms with Gasteiger partial charge in [-0.3, -0.25) is 4.79 Å². The molecular formula is C29H37Cl2N3O. The van der Waals surface area contributed by atoms with E-state index in [4.69, 9.17) is 23.2 Å². The summed E-state index contributed by atoms with van der Waals surface area (Å²) in [6.45, 7) is 13.3. The molecule has 4 atom stereocenters. The van der Waals surface area contributed by atoms with Crippen LogP contribution in [0.25, 0.3) is 11.1 Å². The lowest BCUT2D eigenvalue weighted by molar-refractivity contribution is -0.123. The number of nitrogens with one attached hydrogen (secondary N) is 2. The second kappa shape index (κ2) is 10.9. The SMILES string of the molecule is CC(C)(C)CNC(=O)C1N[C@@H](CC(C)(C)C)C(C#N)C1c1cc(CCl)ccc1-c1cccc(Cl)c1. The van der Waals surface area contributed by atoms with E-state index in [1.54, 1.807) is 0 Å². The van der Waals surface area contributed by atoms with Crippen molar-refractivity contribution in [2.45, 2.75) is 71.8 Å². The number of nitriles is 1. The minimum atomic E-state index is -0.530. The molecule has 0 aromatic heterocycles. The van der Waals surface area contributed by atoms with Crippen LogP contribution in [0.4, 0.5) is 0 Å². The van der Waals surface area contributed by atoms with Crippen LogP contribution in [0, 0.1) is 28.1 Å². The van der Waals surface area contributed by atoms with Gasteiger partial charge in [-0.05, 0) is 51.6 Å². The largest absolute Gasteiger partial charge is 0.354 e. The average Bonchev–Trinajstić information content (AvgIpc) is 3.12. The van der Waals surface area contributed by atoms with Crippen molar-refractivity contribution < 1.29 is 4.79 Å². The third kappa shape index (κ3) is 7.00. The van der Waals surface area contributed by atoms with Gasteiger partial charge in [-0.1, -0.05) is 83.5 Å². The standard InChI is InChI=1S/C29H37Cl2N3O/c1-28(2,3)14-24-23(16-32)25(26(34-24)27(35)33-17-29(4,5)6)22-12-18(15-30)10-11-21(22)19-8-7-9-20(31)13-19/h7-13,23-26,34H,14-15,17H2,1-6H3,(H,33,35)/t23?,24-,25?,26?/m0/s1. The summed E-state index contributed by atoms with van der Waals surface area (Å²) in [5.74, 6) is -0.422. The lowest BCUT2D eigenvalue weighted by Crippen LogP contribution is -2.47. The minimum Gasteiger partial charge on any atom is -0.354 e. The molecule has 0 radical (unpaired) electrons. The van der Waals surface area contributed by atoms with E-state index < -0.39 is 6.04 Å². The highest BCUT2D eigenvalue weighted by atomic mass is 35.5. The second-order valence-electron chi connectivity index (χ2n) is 12.0. The van der Waals surface area contributed by atoms with E-state index in [1.807, 2.05) is 36.4 Å². The summed E-state index contributed by atoms with van der Waals surface area (Å²) in [5, 5.41) is 17.7. The third-order valence-electron chi connectivity index (χ3n) is 6.39. The average molecular weight is 515 g/mol. The maximum atomic E-state index is 13.6. The molecule has 0 bridgehead atoms. The topological polar surface area (TPSA) is 64.9 Å². The van der Waals surface area contributed by atoms with Crippen LogP contribution in [-0.2, 0) is 10.7 Å². The molecule has 1 fully saturated rings. The Morgan fingerprint density at radius 1 is 1.09 bits per heavy atom. The number of halogens is 2. The molecule has 3 unspecified atom stereocenters. The summed E-state index contributed by atoms with van der Waals surface area (Å²) in [4.78, 5) is 13.6. The van der Waals surface area contributed by atoms with Gasteiger partial charge in [-0.2, -0.15) is 5.26 Å². The first kappa shape index (κ1) is 27.5. The molecule has 188 valence electrons. The molecular weight excluding hydrogens is 477 g/mol. The number of alkyl halides is 1. The summed E-state index contributed by atoms with van der Waals surface area (Å²) < 4.78 is 0. The van der Waals surface area contributed by atoms with Crippen LogP contribution in [-0.4, -0.2) is 24.5 Å². The Morgan fingerprint density at radius 2 is 1.80 bits per heavy atom. The molecule has 0 saturated carbocycles. The zero-order valence-corrected chi connectivity index (χ0v) is 23.1. The Morgan fingerprint density at radius 3 is 2.37 bits per heavy atom. The third-order valence-corrected chi connectivity index (χ3v) is 6.94. The van der Waals surface area contributed by atoms with Crippen LogP contribution in [0.5, 0.6) is 0 Å². The molecule has 6 heteroatoms. The molecule has 2 aromatic rings. The maximum absolute atomic E-state index is 13.6. The first-order chi connectivity index (χ1) is 16.3. The van der Waals surface area contributed by atoms with Gasteiger partial charge in [-0.15, -0.1) is 11.6 Å². The monoisotopic (exact) mass is 513 g/mol. The van der Waals surface area contributed by atoms with Gasteiger partial charge >= 0.3 is 0 Å². The Balaban J connectivity index is 2.14. The van der Waals surface area contributed by atoms with Gasteiger partial charge in [0.1, 0.15) is 0 Å². The molecule has 0 spiro atoms. The van der Waals surface area contributed by atoms with Crippen molar-refractivity contribution >= 4 is 29.1 Å². The summed E-state index contributed by atoms with van der Waals surface area (Å²) in [7, 11) is 0. The highest BCUT2D eigenvalue weighted by Crippen LogP contribution is 2.44.